The Labute approximate surface area is 167 Å². The normalized spacial score (nSPS) is 11.6. The first-order chi connectivity index (χ1) is 13.8. The van der Waals surface area contributed by atoms with Crippen molar-refractivity contribution in [2.24, 2.45) is 0 Å². The van der Waals surface area contributed by atoms with Gasteiger partial charge in [0.2, 0.25) is 16.0 Å². The zero-order valence-electron chi connectivity index (χ0n) is 15.7. The highest BCUT2D eigenvalue weighted by Gasteiger charge is 2.14. The van der Waals surface area contributed by atoms with E-state index in [0.717, 1.165) is 17.3 Å². The summed E-state index contributed by atoms with van der Waals surface area (Å²) >= 11 is 0. The lowest BCUT2D eigenvalue weighted by Gasteiger charge is -2.10. The Morgan fingerprint density at radius 3 is 2.59 bits per heavy atom. The fourth-order valence-electron chi connectivity index (χ4n) is 3.14. The van der Waals surface area contributed by atoms with Gasteiger partial charge in [-0.15, -0.1) is 0 Å². The first-order valence-electron chi connectivity index (χ1n) is 8.74. The zero-order valence-corrected chi connectivity index (χ0v) is 16.5. The zero-order chi connectivity index (χ0) is 20.6. The van der Waals surface area contributed by atoms with Gasteiger partial charge in [0.15, 0.2) is 0 Å². The molecule has 4 rings (SSSR count). The van der Waals surface area contributed by atoms with E-state index in [9.17, 15) is 12.8 Å². The van der Waals surface area contributed by atoms with Gasteiger partial charge in [-0.1, -0.05) is 18.2 Å². The first-order valence-corrected chi connectivity index (χ1v) is 10.6. The second-order valence-electron chi connectivity index (χ2n) is 6.51. The number of halogens is 1. The molecule has 4 aromatic rings. The predicted molar refractivity (Wildman–Crippen MR) is 112 cm³/mol. The SMILES string of the molecule is CNc1nc2cnc(-c3cccc(NS(C)(=O)=O)c3)cc2n1-c1cccc(F)c1. The summed E-state index contributed by atoms with van der Waals surface area (Å²) in [6.45, 7) is 0. The standard InChI is InChI=1S/C20H18FN5O2S/c1-22-20-24-18-12-23-17(13-5-3-7-15(9-13)25-29(2,27)28)11-19(18)26(20)16-8-4-6-14(21)10-16/h3-12,25H,1-2H3,(H,22,24). The van der Waals surface area contributed by atoms with Crippen LogP contribution in [0.1, 0.15) is 0 Å². The van der Waals surface area contributed by atoms with E-state index in [-0.39, 0.29) is 5.82 Å². The van der Waals surface area contributed by atoms with Gasteiger partial charge in [-0.05, 0) is 36.4 Å². The molecule has 0 radical (unpaired) electrons. The van der Waals surface area contributed by atoms with Crippen molar-refractivity contribution >= 4 is 32.7 Å². The van der Waals surface area contributed by atoms with Gasteiger partial charge in [0, 0.05) is 18.3 Å². The molecule has 2 aromatic carbocycles. The maximum Gasteiger partial charge on any atom is 0.229 e. The van der Waals surface area contributed by atoms with E-state index in [1.807, 2.05) is 16.7 Å². The minimum atomic E-state index is -3.39. The molecule has 0 saturated heterocycles. The molecule has 9 heteroatoms. The van der Waals surface area contributed by atoms with Gasteiger partial charge in [-0.25, -0.2) is 17.8 Å². The maximum absolute atomic E-state index is 13.8. The van der Waals surface area contributed by atoms with Crippen LogP contribution in [-0.2, 0) is 10.0 Å². The van der Waals surface area contributed by atoms with Crippen molar-refractivity contribution in [3.8, 4) is 16.9 Å². The minimum Gasteiger partial charge on any atom is -0.358 e. The predicted octanol–water partition coefficient (Wildman–Crippen LogP) is 3.64. The third-order valence-electron chi connectivity index (χ3n) is 4.29. The number of benzene rings is 2. The van der Waals surface area contributed by atoms with E-state index in [1.54, 1.807) is 43.6 Å². The van der Waals surface area contributed by atoms with E-state index < -0.39 is 10.0 Å². The van der Waals surface area contributed by atoms with Crippen molar-refractivity contribution in [3.05, 3.63) is 66.6 Å². The number of pyridine rings is 1. The molecule has 7 nitrogen and oxygen atoms in total. The summed E-state index contributed by atoms with van der Waals surface area (Å²) < 4.78 is 41.1. The van der Waals surface area contributed by atoms with E-state index >= 15 is 0 Å². The summed E-state index contributed by atoms with van der Waals surface area (Å²) in [7, 11) is -1.64. The van der Waals surface area contributed by atoms with Gasteiger partial charge in [-0.2, -0.15) is 0 Å². The molecule has 148 valence electrons. The molecule has 0 aliphatic carbocycles. The number of fused-ring (bicyclic) bond motifs is 1. The smallest absolute Gasteiger partial charge is 0.229 e. The number of sulfonamides is 1. The molecule has 0 aliphatic heterocycles. The second-order valence-corrected chi connectivity index (χ2v) is 8.26. The molecule has 0 amide bonds. The lowest BCUT2D eigenvalue weighted by molar-refractivity contribution is 0.607. The van der Waals surface area contributed by atoms with E-state index in [0.29, 0.717) is 28.5 Å². The van der Waals surface area contributed by atoms with E-state index in [2.05, 4.69) is 20.0 Å². The van der Waals surface area contributed by atoms with Crippen LogP contribution in [-0.4, -0.2) is 36.3 Å². The molecule has 2 aromatic heterocycles. The van der Waals surface area contributed by atoms with Gasteiger partial charge in [0.1, 0.15) is 11.3 Å². The number of nitrogens with one attached hydrogen (secondary N) is 2. The van der Waals surface area contributed by atoms with Crippen LogP contribution in [0.5, 0.6) is 0 Å². The number of anilines is 2. The molecule has 0 atom stereocenters. The third kappa shape index (κ3) is 3.90. The average Bonchev–Trinajstić information content (AvgIpc) is 3.04. The Morgan fingerprint density at radius 1 is 1.07 bits per heavy atom. The van der Waals surface area contributed by atoms with Crippen molar-refractivity contribution in [2.75, 3.05) is 23.3 Å². The van der Waals surface area contributed by atoms with E-state index in [1.165, 1.54) is 12.1 Å². The molecule has 29 heavy (non-hydrogen) atoms. The van der Waals surface area contributed by atoms with Crippen LogP contribution in [0.25, 0.3) is 28.0 Å². The number of rotatable bonds is 5. The van der Waals surface area contributed by atoms with Crippen molar-refractivity contribution < 1.29 is 12.8 Å². The monoisotopic (exact) mass is 411 g/mol. The number of nitrogens with zero attached hydrogens (tertiary/aromatic N) is 3. The third-order valence-corrected chi connectivity index (χ3v) is 4.90. The number of hydrogen-bond acceptors (Lipinski definition) is 5. The summed E-state index contributed by atoms with van der Waals surface area (Å²) in [4.78, 5) is 8.97. The molecule has 0 saturated carbocycles. The van der Waals surface area contributed by atoms with Crippen LogP contribution in [0.15, 0.2) is 60.8 Å². The second kappa shape index (κ2) is 7.17. The average molecular weight is 411 g/mol. The molecule has 0 bridgehead atoms. The Hall–Kier alpha value is -3.46. The Morgan fingerprint density at radius 2 is 1.86 bits per heavy atom. The maximum atomic E-state index is 13.8. The Balaban J connectivity index is 1.86. The summed E-state index contributed by atoms with van der Waals surface area (Å²) in [5.74, 6) is 0.206. The van der Waals surface area contributed by atoms with Gasteiger partial charge in [0.05, 0.1) is 29.4 Å². The number of hydrogen-bond donors (Lipinski definition) is 2. The van der Waals surface area contributed by atoms with Crippen molar-refractivity contribution in [1.29, 1.82) is 0 Å². The highest BCUT2D eigenvalue weighted by atomic mass is 32.2. The summed E-state index contributed by atoms with van der Waals surface area (Å²) in [6.07, 6.45) is 2.73. The summed E-state index contributed by atoms with van der Waals surface area (Å²) in [6, 6.07) is 15.0. The Kier molecular flexibility index (Phi) is 4.67. The van der Waals surface area contributed by atoms with Crippen molar-refractivity contribution in [1.82, 2.24) is 14.5 Å². The van der Waals surface area contributed by atoms with E-state index in [4.69, 9.17) is 0 Å². The lowest BCUT2D eigenvalue weighted by Crippen LogP contribution is -2.09. The van der Waals surface area contributed by atoms with Crippen molar-refractivity contribution in [2.45, 2.75) is 0 Å². The molecule has 0 fully saturated rings. The number of aromatic nitrogens is 3. The molecule has 2 heterocycles. The van der Waals surface area contributed by atoms with Crippen LogP contribution in [0, 0.1) is 5.82 Å². The molecular weight excluding hydrogens is 393 g/mol. The first kappa shape index (κ1) is 18.9. The van der Waals surface area contributed by atoms with Crippen molar-refractivity contribution in [3.63, 3.8) is 0 Å². The van der Waals surface area contributed by atoms with Crippen LogP contribution < -0.4 is 10.0 Å². The van der Waals surface area contributed by atoms with Gasteiger partial charge in [0.25, 0.3) is 0 Å². The van der Waals surface area contributed by atoms with Crippen LogP contribution >= 0.6 is 0 Å². The van der Waals surface area contributed by atoms with Crippen LogP contribution in [0.3, 0.4) is 0 Å². The lowest BCUT2D eigenvalue weighted by atomic mass is 10.1. The largest absolute Gasteiger partial charge is 0.358 e. The van der Waals surface area contributed by atoms with Crippen LogP contribution in [0.4, 0.5) is 16.0 Å². The fourth-order valence-corrected chi connectivity index (χ4v) is 3.69. The summed E-state index contributed by atoms with van der Waals surface area (Å²) in [5.41, 5.74) is 3.83. The molecule has 2 N–H and O–H groups in total. The van der Waals surface area contributed by atoms with Crippen LogP contribution in [0.2, 0.25) is 0 Å². The molecule has 0 aliphatic rings. The number of imidazole rings is 1. The topological polar surface area (TPSA) is 88.9 Å². The highest BCUT2D eigenvalue weighted by molar-refractivity contribution is 7.92. The minimum absolute atomic E-state index is 0.347. The molecule has 0 spiro atoms. The quantitative estimate of drug-likeness (QED) is 0.523. The summed E-state index contributed by atoms with van der Waals surface area (Å²) in [5, 5.41) is 3.02. The fraction of sp³-hybridized carbons (Fsp3) is 0.100. The molecule has 0 unspecified atom stereocenters. The van der Waals surface area contributed by atoms with Gasteiger partial charge in [-0.3, -0.25) is 14.3 Å². The Bertz CT molecular complexity index is 1320. The highest BCUT2D eigenvalue weighted by Crippen LogP contribution is 2.29. The molecular formula is C20H18FN5O2S. The van der Waals surface area contributed by atoms with Gasteiger partial charge >= 0.3 is 0 Å². The van der Waals surface area contributed by atoms with Gasteiger partial charge < -0.3 is 5.32 Å².